The standard InChI is InChI=1S/C34H25N3S.C15H12N2S/c1-22-18-19-29-28(20-22)31-27(16-9-17-30(31)38-29)34-36-32(24-12-6-3-7-13-24)35-33(37-34)26-15-8-14-25(21-26)23-10-4-2-5-11-23;16-13(10-6-2-1-3-7-10)15-14(17)11-8-4-5-9-12(11)18-15/h2-21,34H,1H3,(H,35,36,37);1-9,16H,17H2. The van der Waals surface area contributed by atoms with Crippen LogP contribution >= 0.6 is 22.7 Å². The van der Waals surface area contributed by atoms with E-state index in [0.29, 0.717) is 11.4 Å². The summed E-state index contributed by atoms with van der Waals surface area (Å²) >= 11 is 3.41. The van der Waals surface area contributed by atoms with Crippen LogP contribution in [0.25, 0.3) is 41.4 Å². The van der Waals surface area contributed by atoms with Crippen LogP contribution in [-0.4, -0.2) is 17.4 Å². The maximum atomic E-state index is 8.27. The number of aliphatic imine (C=N–C) groups is 2. The van der Waals surface area contributed by atoms with Crippen LogP contribution in [0.4, 0.5) is 5.69 Å². The molecular weight excluding hydrogens is 723 g/mol. The third-order valence-corrected chi connectivity index (χ3v) is 12.3. The van der Waals surface area contributed by atoms with E-state index in [1.54, 1.807) is 11.3 Å². The molecule has 7 aromatic carbocycles. The van der Waals surface area contributed by atoms with Crippen LogP contribution in [0, 0.1) is 12.3 Å². The lowest BCUT2D eigenvalue weighted by Gasteiger charge is -2.23. The van der Waals surface area contributed by atoms with E-state index < -0.39 is 0 Å². The summed E-state index contributed by atoms with van der Waals surface area (Å²) in [4.78, 5) is 11.2. The smallest absolute Gasteiger partial charge is 0.170 e. The van der Waals surface area contributed by atoms with Gasteiger partial charge in [0.25, 0.3) is 0 Å². The van der Waals surface area contributed by atoms with Crippen LogP contribution in [0.1, 0.15) is 38.9 Å². The van der Waals surface area contributed by atoms with Gasteiger partial charge in [0.15, 0.2) is 6.17 Å². The van der Waals surface area contributed by atoms with Crippen molar-refractivity contribution in [2.24, 2.45) is 9.98 Å². The molecule has 0 amide bonds. The molecule has 0 saturated carbocycles. The van der Waals surface area contributed by atoms with Gasteiger partial charge in [-0.1, -0.05) is 151 Å². The fraction of sp³-hybridized carbons (Fsp3) is 0.0408. The first-order chi connectivity index (χ1) is 27.5. The molecule has 0 radical (unpaired) electrons. The topological polar surface area (TPSA) is 86.6 Å². The predicted molar refractivity (Wildman–Crippen MR) is 240 cm³/mol. The zero-order valence-electron chi connectivity index (χ0n) is 30.6. The lowest BCUT2D eigenvalue weighted by molar-refractivity contribution is 0.763. The van der Waals surface area contributed by atoms with E-state index in [1.165, 1.54) is 31.3 Å². The number of fused-ring (bicyclic) bond motifs is 4. The van der Waals surface area contributed by atoms with Crippen molar-refractivity contribution in [2.75, 3.05) is 5.73 Å². The highest BCUT2D eigenvalue weighted by Gasteiger charge is 2.24. The van der Waals surface area contributed by atoms with Gasteiger partial charge >= 0.3 is 0 Å². The van der Waals surface area contributed by atoms with Crippen molar-refractivity contribution in [1.29, 1.82) is 5.41 Å². The first kappa shape index (κ1) is 35.1. The number of hydrogen-bond donors (Lipinski definition) is 3. The minimum atomic E-state index is -0.358. The molecule has 0 fully saturated rings. The maximum absolute atomic E-state index is 8.27. The molecule has 56 heavy (non-hydrogen) atoms. The SMILES string of the molecule is Cc1ccc2sc3cccc(C4N=C(c5ccccc5)NC(c5cccc(-c6ccccc6)c5)=N4)c3c2c1.N=C(c1ccccc1)c1sc2ccccc2c1N. The van der Waals surface area contributed by atoms with Crippen molar-refractivity contribution in [3.05, 3.63) is 209 Å². The van der Waals surface area contributed by atoms with E-state index in [0.717, 1.165) is 54.5 Å². The van der Waals surface area contributed by atoms with Crippen molar-refractivity contribution >= 4 is 76.0 Å². The second-order valence-corrected chi connectivity index (χ2v) is 15.8. The molecule has 3 heterocycles. The summed E-state index contributed by atoms with van der Waals surface area (Å²) in [5.41, 5.74) is 15.1. The van der Waals surface area contributed by atoms with E-state index in [9.17, 15) is 0 Å². The average molecular weight is 760 g/mol. The summed E-state index contributed by atoms with van der Waals surface area (Å²) in [6, 6.07) is 60.3. The summed E-state index contributed by atoms with van der Waals surface area (Å²) in [7, 11) is 0. The van der Waals surface area contributed by atoms with E-state index in [1.807, 2.05) is 90.2 Å². The molecule has 7 heteroatoms. The Balaban J connectivity index is 0.000000190. The highest BCUT2D eigenvalue weighted by molar-refractivity contribution is 7.25. The molecule has 0 saturated heterocycles. The minimum absolute atomic E-state index is 0.358. The lowest BCUT2D eigenvalue weighted by atomic mass is 10.0. The number of nitrogens with one attached hydrogen (secondary N) is 2. The van der Waals surface area contributed by atoms with Crippen LogP contribution in [0.2, 0.25) is 0 Å². The van der Waals surface area contributed by atoms with Crippen molar-refractivity contribution in [3.63, 3.8) is 0 Å². The number of thiophene rings is 2. The summed E-state index contributed by atoms with van der Waals surface area (Å²) < 4.78 is 3.69. The number of anilines is 1. The Morgan fingerprint density at radius 1 is 0.554 bits per heavy atom. The highest BCUT2D eigenvalue weighted by Crippen LogP contribution is 2.40. The number of rotatable bonds is 6. The third-order valence-electron chi connectivity index (χ3n) is 9.91. The van der Waals surface area contributed by atoms with Gasteiger partial charge < -0.3 is 11.1 Å². The molecule has 0 spiro atoms. The Hall–Kier alpha value is -6.67. The van der Waals surface area contributed by atoms with Crippen LogP contribution in [0.3, 0.4) is 0 Å². The number of nitrogens with zero attached hydrogens (tertiary/aromatic N) is 2. The third kappa shape index (κ3) is 6.90. The molecule has 10 rings (SSSR count). The number of amidine groups is 2. The van der Waals surface area contributed by atoms with Crippen molar-refractivity contribution in [2.45, 2.75) is 13.1 Å². The number of nitrogens with two attached hydrogens (primary N) is 1. The quantitative estimate of drug-likeness (QED) is 0.147. The molecule has 9 aromatic rings. The van der Waals surface area contributed by atoms with Gasteiger partial charge in [-0.3, -0.25) is 5.41 Å². The molecular formula is C49H37N5S2. The van der Waals surface area contributed by atoms with Crippen molar-refractivity contribution in [1.82, 2.24) is 5.32 Å². The second kappa shape index (κ2) is 15.2. The normalized spacial score (nSPS) is 13.8. The summed E-state index contributed by atoms with van der Waals surface area (Å²) in [5, 5.41) is 15.4. The molecule has 0 aliphatic carbocycles. The molecule has 270 valence electrons. The Labute approximate surface area is 333 Å². The van der Waals surface area contributed by atoms with Gasteiger partial charge in [-0.2, -0.15) is 0 Å². The van der Waals surface area contributed by atoms with Gasteiger partial charge in [-0.15, -0.1) is 22.7 Å². The fourth-order valence-electron chi connectivity index (χ4n) is 7.13. The first-order valence-electron chi connectivity index (χ1n) is 18.5. The van der Waals surface area contributed by atoms with Gasteiger partial charge in [0.1, 0.15) is 11.7 Å². The number of aryl methyl sites for hydroxylation is 1. The van der Waals surface area contributed by atoms with Gasteiger partial charge in [-0.25, -0.2) is 9.98 Å². The fourth-order valence-corrected chi connectivity index (χ4v) is 9.34. The predicted octanol–water partition coefficient (Wildman–Crippen LogP) is 12.4. The van der Waals surface area contributed by atoms with Gasteiger partial charge in [-0.05, 0) is 48.4 Å². The molecule has 2 aromatic heterocycles. The van der Waals surface area contributed by atoms with Crippen LogP contribution in [0.15, 0.2) is 186 Å². The van der Waals surface area contributed by atoms with Crippen LogP contribution < -0.4 is 11.1 Å². The number of hydrogen-bond acceptors (Lipinski definition) is 7. The largest absolute Gasteiger partial charge is 0.397 e. The minimum Gasteiger partial charge on any atom is -0.397 e. The maximum Gasteiger partial charge on any atom is 0.170 e. The zero-order chi connectivity index (χ0) is 38.0. The van der Waals surface area contributed by atoms with E-state index in [2.05, 4.69) is 109 Å². The van der Waals surface area contributed by atoms with Crippen molar-refractivity contribution in [3.8, 4) is 11.1 Å². The molecule has 1 atom stereocenters. The Bertz CT molecular complexity index is 2930. The highest BCUT2D eigenvalue weighted by atomic mass is 32.1. The van der Waals surface area contributed by atoms with Crippen molar-refractivity contribution < 1.29 is 0 Å². The van der Waals surface area contributed by atoms with Crippen LogP contribution in [-0.2, 0) is 0 Å². The second-order valence-electron chi connectivity index (χ2n) is 13.7. The van der Waals surface area contributed by atoms with Gasteiger partial charge in [0.2, 0.25) is 0 Å². The lowest BCUT2D eigenvalue weighted by Crippen LogP contribution is -2.36. The molecule has 1 unspecified atom stereocenters. The molecule has 1 aliphatic heterocycles. The first-order valence-corrected chi connectivity index (χ1v) is 20.1. The van der Waals surface area contributed by atoms with Crippen LogP contribution in [0.5, 0.6) is 0 Å². The summed E-state index contributed by atoms with van der Waals surface area (Å²) in [6.45, 7) is 2.15. The zero-order valence-corrected chi connectivity index (χ0v) is 32.2. The molecule has 5 nitrogen and oxygen atoms in total. The Kier molecular flexibility index (Phi) is 9.53. The van der Waals surface area contributed by atoms with E-state index in [-0.39, 0.29) is 6.17 Å². The Morgan fingerprint density at radius 2 is 1.14 bits per heavy atom. The summed E-state index contributed by atoms with van der Waals surface area (Å²) in [6.07, 6.45) is -0.358. The number of nitrogen functional groups attached to an aromatic ring is 1. The number of benzene rings is 7. The molecule has 1 aliphatic rings. The van der Waals surface area contributed by atoms with Gasteiger partial charge in [0, 0.05) is 52.5 Å². The van der Waals surface area contributed by atoms with E-state index in [4.69, 9.17) is 21.1 Å². The molecule has 4 N–H and O–H groups in total. The molecule has 0 bridgehead atoms. The summed E-state index contributed by atoms with van der Waals surface area (Å²) in [5.74, 6) is 1.66. The Morgan fingerprint density at radius 3 is 1.89 bits per heavy atom. The monoisotopic (exact) mass is 759 g/mol. The van der Waals surface area contributed by atoms with Gasteiger partial charge in [0.05, 0.1) is 16.3 Å². The van der Waals surface area contributed by atoms with E-state index >= 15 is 0 Å². The average Bonchev–Trinajstić information content (AvgIpc) is 3.81.